The molecule has 0 radical (unpaired) electrons. The fourth-order valence-corrected chi connectivity index (χ4v) is 3.41. The van der Waals surface area contributed by atoms with Crippen molar-refractivity contribution in [3.05, 3.63) is 47.3 Å². The number of aromatic nitrogens is 3. The third-order valence-corrected chi connectivity index (χ3v) is 4.58. The molecule has 1 saturated carbocycles. The van der Waals surface area contributed by atoms with Crippen LogP contribution in [0.15, 0.2) is 30.5 Å². The van der Waals surface area contributed by atoms with E-state index < -0.39 is 0 Å². The quantitative estimate of drug-likeness (QED) is 0.879. The molecule has 6 nitrogen and oxygen atoms in total. The lowest BCUT2D eigenvalue weighted by Gasteiger charge is -2.32. The molecule has 2 N–H and O–H groups in total. The van der Waals surface area contributed by atoms with E-state index in [0.29, 0.717) is 12.1 Å². The average Bonchev–Trinajstić information content (AvgIpc) is 3.04. The molecule has 0 aliphatic heterocycles. The van der Waals surface area contributed by atoms with Crippen LogP contribution in [0.5, 0.6) is 0 Å². The Balaban J connectivity index is 1.66. The lowest BCUT2D eigenvalue weighted by molar-refractivity contribution is -0.121. The van der Waals surface area contributed by atoms with Crippen molar-refractivity contribution in [1.82, 2.24) is 20.3 Å². The maximum absolute atomic E-state index is 12.4. The van der Waals surface area contributed by atoms with Crippen molar-refractivity contribution in [3.8, 4) is 0 Å². The first kappa shape index (κ1) is 16.6. The van der Waals surface area contributed by atoms with Gasteiger partial charge in [0.2, 0.25) is 5.91 Å². The van der Waals surface area contributed by atoms with E-state index in [-0.39, 0.29) is 24.6 Å². The first-order valence-corrected chi connectivity index (χ1v) is 8.52. The Kier molecular flexibility index (Phi) is 5.25. The second-order valence-corrected chi connectivity index (χ2v) is 6.54. The third-order valence-electron chi connectivity index (χ3n) is 4.58. The number of rotatable bonds is 5. The molecular formula is C18H24N4O2. The predicted octanol–water partition coefficient (Wildman–Crippen LogP) is 1.92. The molecule has 1 aromatic carbocycles. The van der Waals surface area contributed by atoms with Crippen molar-refractivity contribution in [1.29, 1.82) is 0 Å². The minimum atomic E-state index is -0.114. The average molecular weight is 328 g/mol. The van der Waals surface area contributed by atoms with Crippen LogP contribution in [0.2, 0.25) is 0 Å². The highest BCUT2D eigenvalue weighted by molar-refractivity contribution is 5.79. The van der Waals surface area contributed by atoms with Crippen LogP contribution in [0, 0.1) is 6.92 Å². The number of nitrogens with zero attached hydrogens (tertiary/aromatic N) is 3. The summed E-state index contributed by atoms with van der Waals surface area (Å²) in [5, 5.41) is 20.4. The van der Waals surface area contributed by atoms with Crippen molar-refractivity contribution in [2.45, 2.75) is 57.7 Å². The molecule has 128 valence electrons. The van der Waals surface area contributed by atoms with Gasteiger partial charge in [-0.2, -0.15) is 0 Å². The number of aliphatic hydroxyl groups excluding tert-OH is 1. The van der Waals surface area contributed by atoms with Gasteiger partial charge in [-0.25, -0.2) is 4.68 Å². The van der Waals surface area contributed by atoms with E-state index in [1.807, 2.05) is 31.2 Å². The number of amides is 1. The minimum absolute atomic E-state index is 0.0417. The molecule has 1 heterocycles. The van der Waals surface area contributed by atoms with Crippen molar-refractivity contribution >= 4 is 5.91 Å². The Morgan fingerprint density at radius 2 is 2.21 bits per heavy atom. The van der Waals surface area contributed by atoms with E-state index in [1.165, 1.54) is 0 Å². The number of nitrogens with one attached hydrogen (secondary N) is 1. The summed E-state index contributed by atoms with van der Waals surface area (Å²) in [5.41, 5.74) is 2.75. The minimum Gasteiger partial charge on any atom is -0.390 e. The van der Waals surface area contributed by atoms with Crippen LogP contribution >= 0.6 is 0 Å². The van der Waals surface area contributed by atoms with Crippen molar-refractivity contribution in [3.63, 3.8) is 0 Å². The van der Waals surface area contributed by atoms with Gasteiger partial charge in [0.05, 0.1) is 31.3 Å². The first-order valence-electron chi connectivity index (χ1n) is 8.52. The van der Waals surface area contributed by atoms with E-state index in [4.69, 9.17) is 5.11 Å². The highest BCUT2D eigenvalue weighted by Gasteiger charge is 2.28. The Morgan fingerprint density at radius 1 is 1.38 bits per heavy atom. The molecule has 0 unspecified atom stereocenters. The number of aryl methyl sites for hydroxylation is 1. The maximum atomic E-state index is 12.4. The summed E-state index contributed by atoms with van der Waals surface area (Å²) >= 11 is 0. The van der Waals surface area contributed by atoms with E-state index in [9.17, 15) is 4.79 Å². The van der Waals surface area contributed by atoms with Gasteiger partial charge in [0.25, 0.3) is 0 Å². The Hall–Kier alpha value is -2.21. The van der Waals surface area contributed by atoms with Crippen molar-refractivity contribution in [2.24, 2.45) is 0 Å². The molecule has 0 spiro atoms. The normalized spacial score (nSPS) is 20.8. The summed E-state index contributed by atoms with van der Waals surface area (Å²) in [6.07, 6.45) is 6.29. The summed E-state index contributed by atoms with van der Waals surface area (Å²) in [5.74, 6) is 0.0417. The highest BCUT2D eigenvalue weighted by Crippen LogP contribution is 2.28. The van der Waals surface area contributed by atoms with Gasteiger partial charge in [-0.1, -0.05) is 47.9 Å². The smallest absolute Gasteiger partial charge is 0.224 e. The Morgan fingerprint density at radius 3 is 2.96 bits per heavy atom. The second-order valence-electron chi connectivity index (χ2n) is 6.54. The van der Waals surface area contributed by atoms with Crippen LogP contribution in [0.4, 0.5) is 0 Å². The molecule has 0 saturated heterocycles. The SMILES string of the molecule is Cc1cccc(CC(=O)N[C@H]2CCCC[C@H]2n2cc(CO)nn2)c1. The van der Waals surface area contributed by atoms with Gasteiger partial charge < -0.3 is 10.4 Å². The molecule has 6 heteroatoms. The molecule has 1 fully saturated rings. The molecule has 1 aliphatic rings. The lowest BCUT2D eigenvalue weighted by atomic mass is 9.90. The molecular weight excluding hydrogens is 304 g/mol. The van der Waals surface area contributed by atoms with Crippen LogP contribution in [0.3, 0.4) is 0 Å². The Labute approximate surface area is 141 Å². The van der Waals surface area contributed by atoms with E-state index in [2.05, 4.69) is 15.6 Å². The zero-order valence-corrected chi connectivity index (χ0v) is 14.0. The summed E-state index contributed by atoms with van der Waals surface area (Å²) in [4.78, 5) is 12.4. The standard InChI is InChI=1S/C18H24N4O2/c1-13-5-4-6-14(9-13)10-18(24)19-16-7-2-3-8-17(16)22-11-15(12-23)20-21-22/h4-6,9,11,16-17,23H,2-3,7-8,10,12H2,1H3,(H,19,24)/t16-,17+/m0/s1. The fourth-order valence-electron chi connectivity index (χ4n) is 3.41. The van der Waals surface area contributed by atoms with Crippen LogP contribution in [-0.4, -0.2) is 32.0 Å². The molecule has 2 aromatic rings. The van der Waals surface area contributed by atoms with Crippen molar-refractivity contribution < 1.29 is 9.90 Å². The van der Waals surface area contributed by atoms with Gasteiger partial charge in [-0.3, -0.25) is 4.79 Å². The Bertz CT molecular complexity index is 698. The van der Waals surface area contributed by atoms with Crippen LogP contribution in [0.25, 0.3) is 0 Å². The third kappa shape index (κ3) is 4.00. The second kappa shape index (κ2) is 7.57. The van der Waals surface area contributed by atoms with Gasteiger partial charge in [-0.15, -0.1) is 5.10 Å². The summed E-state index contributed by atoms with van der Waals surface area (Å²) in [7, 11) is 0. The van der Waals surface area contributed by atoms with Gasteiger partial charge >= 0.3 is 0 Å². The first-order chi connectivity index (χ1) is 11.7. The fraction of sp³-hybridized carbons (Fsp3) is 0.500. The number of carbonyl (C=O) groups excluding carboxylic acids is 1. The number of carbonyl (C=O) groups is 1. The van der Waals surface area contributed by atoms with Gasteiger partial charge in [0.1, 0.15) is 5.69 Å². The molecule has 1 aromatic heterocycles. The maximum Gasteiger partial charge on any atom is 0.224 e. The molecule has 24 heavy (non-hydrogen) atoms. The molecule has 2 atom stereocenters. The summed E-state index contributed by atoms with van der Waals surface area (Å²) in [6.45, 7) is 1.92. The van der Waals surface area contributed by atoms with Crippen LogP contribution in [0.1, 0.15) is 48.5 Å². The number of hydrogen-bond donors (Lipinski definition) is 2. The lowest BCUT2D eigenvalue weighted by Crippen LogP contribution is -2.43. The summed E-state index contributed by atoms with van der Waals surface area (Å²) in [6, 6.07) is 8.20. The number of aliphatic hydroxyl groups is 1. The van der Waals surface area contributed by atoms with Gasteiger partial charge in [0, 0.05) is 0 Å². The largest absolute Gasteiger partial charge is 0.390 e. The molecule has 3 rings (SSSR count). The van der Waals surface area contributed by atoms with Gasteiger partial charge in [-0.05, 0) is 25.3 Å². The van der Waals surface area contributed by atoms with Crippen molar-refractivity contribution in [2.75, 3.05) is 0 Å². The van der Waals surface area contributed by atoms with Crippen LogP contribution < -0.4 is 5.32 Å². The van der Waals surface area contributed by atoms with E-state index in [0.717, 1.165) is 36.8 Å². The zero-order valence-electron chi connectivity index (χ0n) is 14.0. The molecule has 0 bridgehead atoms. The number of benzene rings is 1. The number of hydrogen-bond acceptors (Lipinski definition) is 4. The zero-order chi connectivity index (χ0) is 16.9. The highest BCUT2D eigenvalue weighted by atomic mass is 16.3. The van der Waals surface area contributed by atoms with Gasteiger partial charge in [0.15, 0.2) is 0 Å². The van der Waals surface area contributed by atoms with E-state index in [1.54, 1.807) is 10.9 Å². The van der Waals surface area contributed by atoms with E-state index >= 15 is 0 Å². The topological polar surface area (TPSA) is 80.0 Å². The molecule has 1 aliphatic carbocycles. The molecule has 1 amide bonds. The monoisotopic (exact) mass is 328 g/mol. The summed E-state index contributed by atoms with van der Waals surface area (Å²) < 4.78 is 1.79. The predicted molar refractivity (Wildman–Crippen MR) is 90.3 cm³/mol. The van der Waals surface area contributed by atoms with Crippen LogP contribution in [-0.2, 0) is 17.8 Å².